The highest BCUT2D eigenvalue weighted by atomic mass is 19.1. The number of nitrogens with one attached hydrogen (secondary N) is 1. The van der Waals surface area contributed by atoms with E-state index < -0.39 is 41.7 Å². The quantitative estimate of drug-likeness (QED) is 0.271. The first kappa shape index (κ1) is 31.8. The Bertz CT molecular complexity index is 1120. The largest absolute Gasteiger partial charge is 0.390 e. The molecule has 3 amide bonds. The molecule has 39 heavy (non-hydrogen) atoms. The Morgan fingerprint density at radius 2 is 1.54 bits per heavy atom. The Hall–Kier alpha value is -3.37. The summed E-state index contributed by atoms with van der Waals surface area (Å²) in [5, 5.41) is 24.0. The Labute approximate surface area is 228 Å². The van der Waals surface area contributed by atoms with Crippen LogP contribution < -0.4 is 11.1 Å². The molecule has 0 spiro atoms. The van der Waals surface area contributed by atoms with Crippen molar-refractivity contribution in [2.24, 2.45) is 5.73 Å². The number of nitrogens with zero attached hydrogens (tertiary/aromatic N) is 1. The standard InChI is InChI=1S/C29H39F2N3O5/c1-4-7-8-25(35)26(36)24(15-18-13-20(30)17-21(31)14-18)33-28(38)23-16-19(9-10-22(23)27(32)37)29(39)34(11-5-2)12-6-3/h9-10,13-14,16-17,24-26,35-36H,4-8,11-12,15H2,1-3H3,(H2,32,37)(H,33,38)/t24-,25-,26+/m0/s1. The first-order valence-corrected chi connectivity index (χ1v) is 13.4. The number of carbonyl (C=O) groups is 3. The van der Waals surface area contributed by atoms with Gasteiger partial charge in [0.05, 0.1) is 23.3 Å². The van der Waals surface area contributed by atoms with Gasteiger partial charge in [-0.05, 0) is 61.6 Å². The van der Waals surface area contributed by atoms with Crippen LogP contribution >= 0.6 is 0 Å². The van der Waals surface area contributed by atoms with Gasteiger partial charge >= 0.3 is 0 Å². The minimum atomic E-state index is -1.49. The molecule has 0 fully saturated rings. The topological polar surface area (TPSA) is 133 Å². The first-order valence-electron chi connectivity index (χ1n) is 13.4. The third-order valence-corrected chi connectivity index (χ3v) is 6.41. The van der Waals surface area contributed by atoms with Gasteiger partial charge in [-0.1, -0.05) is 33.6 Å². The van der Waals surface area contributed by atoms with Gasteiger partial charge in [-0.25, -0.2) is 8.78 Å². The van der Waals surface area contributed by atoms with Gasteiger partial charge in [0.1, 0.15) is 17.7 Å². The van der Waals surface area contributed by atoms with Crippen LogP contribution in [0.5, 0.6) is 0 Å². The third-order valence-electron chi connectivity index (χ3n) is 6.41. The number of carbonyl (C=O) groups excluding carboxylic acids is 3. The van der Waals surface area contributed by atoms with Crippen molar-refractivity contribution in [1.29, 1.82) is 0 Å². The predicted molar refractivity (Wildman–Crippen MR) is 144 cm³/mol. The van der Waals surface area contributed by atoms with E-state index in [4.69, 9.17) is 5.73 Å². The molecule has 2 aromatic carbocycles. The fraction of sp³-hybridized carbons (Fsp3) is 0.483. The van der Waals surface area contributed by atoms with Gasteiger partial charge in [-0.2, -0.15) is 0 Å². The maximum Gasteiger partial charge on any atom is 0.253 e. The van der Waals surface area contributed by atoms with Crippen LogP contribution in [0.4, 0.5) is 8.78 Å². The molecule has 0 unspecified atom stereocenters. The lowest BCUT2D eigenvalue weighted by molar-refractivity contribution is -0.00816. The lowest BCUT2D eigenvalue weighted by Crippen LogP contribution is -2.50. The number of amides is 3. The molecule has 0 saturated carbocycles. The molecule has 0 bridgehead atoms. The van der Waals surface area contributed by atoms with Crippen molar-refractivity contribution in [3.05, 3.63) is 70.3 Å². The van der Waals surface area contributed by atoms with Gasteiger partial charge in [-0.15, -0.1) is 0 Å². The minimum Gasteiger partial charge on any atom is -0.390 e. The molecule has 8 nitrogen and oxygen atoms in total. The summed E-state index contributed by atoms with van der Waals surface area (Å²) in [6.07, 6.45) is 0.144. The van der Waals surface area contributed by atoms with E-state index in [1.54, 1.807) is 4.90 Å². The average molecular weight is 548 g/mol. The maximum absolute atomic E-state index is 13.8. The molecule has 0 aliphatic rings. The normalized spacial score (nSPS) is 13.4. The molecule has 0 aliphatic heterocycles. The summed E-state index contributed by atoms with van der Waals surface area (Å²) in [7, 11) is 0. The number of benzene rings is 2. The van der Waals surface area contributed by atoms with E-state index >= 15 is 0 Å². The average Bonchev–Trinajstić information content (AvgIpc) is 2.89. The molecule has 214 valence electrons. The van der Waals surface area contributed by atoms with Gasteiger partial charge in [0.2, 0.25) is 5.91 Å². The second-order valence-electron chi connectivity index (χ2n) is 9.68. The van der Waals surface area contributed by atoms with Crippen LogP contribution in [0, 0.1) is 11.6 Å². The number of rotatable bonds is 15. The molecule has 0 aromatic heterocycles. The number of halogens is 2. The summed E-state index contributed by atoms with van der Waals surface area (Å²) in [5.41, 5.74) is 5.50. The van der Waals surface area contributed by atoms with Crippen molar-refractivity contribution in [2.75, 3.05) is 13.1 Å². The van der Waals surface area contributed by atoms with Gasteiger partial charge in [-0.3, -0.25) is 14.4 Å². The lowest BCUT2D eigenvalue weighted by atomic mass is 9.94. The van der Waals surface area contributed by atoms with E-state index in [0.29, 0.717) is 25.6 Å². The molecular weight excluding hydrogens is 508 g/mol. The zero-order valence-corrected chi connectivity index (χ0v) is 22.8. The van der Waals surface area contributed by atoms with Crippen LogP contribution in [-0.2, 0) is 6.42 Å². The number of aliphatic hydroxyl groups excluding tert-OH is 2. The highest BCUT2D eigenvalue weighted by molar-refractivity contribution is 6.08. The zero-order valence-electron chi connectivity index (χ0n) is 22.8. The van der Waals surface area contributed by atoms with E-state index in [1.165, 1.54) is 18.2 Å². The van der Waals surface area contributed by atoms with Gasteiger partial charge in [0.15, 0.2) is 0 Å². The van der Waals surface area contributed by atoms with Gasteiger partial charge < -0.3 is 26.2 Å². The lowest BCUT2D eigenvalue weighted by Gasteiger charge is -2.28. The zero-order chi connectivity index (χ0) is 29.1. The molecule has 5 N–H and O–H groups in total. The first-order chi connectivity index (χ1) is 18.5. The van der Waals surface area contributed by atoms with Gasteiger partial charge in [0.25, 0.3) is 11.8 Å². The summed E-state index contributed by atoms with van der Waals surface area (Å²) in [5.74, 6) is -3.71. The molecule has 0 heterocycles. The summed E-state index contributed by atoms with van der Waals surface area (Å²) in [6.45, 7) is 6.82. The minimum absolute atomic E-state index is 0.141. The van der Waals surface area contributed by atoms with Crippen LogP contribution in [0.3, 0.4) is 0 Å². The van der Waals surface area contributed by atoms with E-state index in [9.17, 15) is 33.4 Å². The Kier molecular flexibility index (Phi) is 12.5. The number of nitrogens with two attached hydrogens (primary N) is 1. The fourth-order valence-electron chi connectivity index (χ4n) is 4.46. The van der Waals surface area contributed by atoms with E-state index in [0.717, 1.165) is 31.4 Å². The summed E-state index contributed by atoms with van der Waals surface area (Å²) in [4.78, 5) is 40.4. The number of aliphatic hydroxyl groups is 2. The Balaban J connectivity index is 2.45. The van der Waals surface area contributed by atoms with Crippen LogP contribution in [0.15, 0.2) is 36.4 Å². The molecular formula is C29H39F2N3O5. The van der Waals surface area contributed by atoms with Crippen molar-refractivity contribution < 1.29 is 33.4 Å². The monoisotopic (exact) mass is 547 g/mol. The Morgan fingerprint density at radius 3 is 2.08 bits per heavy atom. The maximum atomic E-state index is 13.8. The highest BCUT2D eigenvalue weighted by Crippen LogP contribution is 2.19. The molecule has 0 radical (unpaired) electrons. The van der Waals surface area contributed by atoms with Crippen LogP contribution in [0.1, 0.15) is 89.5 Å². The second kappa shape index (κ2) is 15.3. The van der Waals surface area contributed by atoms with Crippen molar-refractivity contribution in [3.8, 4) is 0 Å². The summed E-state index contributed by atoms with van der Waals surface area (Å²) >= 11 is 0. The molecule has 0 saturated heterocycles. The van der Waals surface area contributed by atoms with Crippen LogP contribution in [-0.4, -0.2) is 64.2 Å². The van der Waals surface area contributed by atoms with Crippen LogP contribution in [0.2, 0.25) is 0 Å². The summed E-state index contributed by atoms with van der Waals surface area (Å²) in [6, 6.07) is 5.65. The molecule has 2 aromatic rings. The number of hydrogen-bond donors (Lipinski definition) is 4. The molecule has 0 aliphatic carbocycles. The number of primary amides is 1. The number of hydrogen-bond acceptors (Lipinski definition) is 5. The van der Waals surface area contributed by atoms with E-state index in [1.807, 2.05) is 20.8 Å². The Morgan fingerprint density at radius 1 is 0.923 bits per heavy atom. The van der Waals surface area contributed by atoms with Crippen molar-refractivity contribution in [1.82, 2.24) is 10.2 Å². The van der Waals surface area contributed by atoms with Crippen molar-refractivity contribution in [2.45, 2.75) is 77.5 Å². The highest BCUT2D eigenvalue weighted by Gasteiger charge is 2.30. The van der Waals surface area contributed by atoms with Crippen LogP contribution in [0.25, 0.3) is 0 Å². The molecule has 3 atom stereocenters. The SMILES string of the molecule is CCCC[C@H](O)[C@H](O)[C@H](Cc1cc(F)cc(F)c1)NC(=O)c1cc(C(=O)N(CCC)CCC)ccc1C(N)=O. The smallest absolute Gasteiger partial charge is 0.253 e. The predicted octanol–water partition coefficient (Wildman–Crippen LogP) is 3.58. The third kappa shape index (κ3) is 9.11. The second-order valence-corrected chi connectivity index (χ2v) is 9.68. The fourth-order valence-corrected chi connectivity index (χ4v) is 4.46. The van der Waals surface area contributed by atoms with Crippen molar-refractivity contribution in [3.63, 3.8) is 0 Å². The van der Waals surface area contributed by atoms with E-state index in [-0.39, 0.29) is 41.0 Å². The van der Waals surface area contributed by atoms with Gasteiger partial charge in [0, 0.05) is 24.7 Å². The van der Waals surface area contributed by atoms with Crippen molar-refractivity contribution >= 4 is 17.7 Å². The molecule has 2 rings (SSSR count). The summed E-state index contributed by atoms with van der Waals surface area (Å²) < 4.78 is 27.7. The molecule has 10 heteroatoms. The van der Waals surface area contributed by atoms with E-state index in [2.05, 4.69) is 5.32 Å². The number of unbranched alkanes of at least 4 members (excludes halogenated alkanes) is 1.